The second-order valence-electron chi connectivity index (χ2n) is 6.91. The molecule has 20 heavy (non-hydrogen) atoms. The number of benzene rings is 1. The highest BCUT2D eigenvalue weighted by atomic mass is 15.2. The minimum Gasteiger partial charge on any atom is -0.314 e. The molecule has 1 aromatic carbocycles. The Labute approximate surface area is 123 Å². The molecule has 1 aliphatic carbocycles. The van der Waals surface area contributed by atoms with Crippen molar-refractivity contribution >= 4 is 0 Å². The lowest BCUT2D eigenvalue weighted by Crippen LogP contribution is -2.45. The van der Waals surface area contributed by atoms with Crippen molar-refractivity contribution in [1.29, 1.82) is 0 Å². The van der Waals surface area contributed by atoms with Crippen molar-refractivity contribution in [1.82, 2.24) is 10.2 Å². The summed E-state index contributed by atoms with van der Waals surface area (Å²) < 4.78 is 0. The first-order valence-electron chi connectivity index (χ1n) is 8.27. The molecule has 2 aliphatic rings. The maximum absolute atomic E-state index is 3.47. The first kappa shape index (κ1) is 14.1. The van der Waals surface area contributed by atoms with Gasteiger partial charge in [0.25, 0.3) is 0 Å². The van der Waals surface area contributed by atoms with Gasteiger partial charge in [-0.25, -0.2) is 0 Å². The summed E-state index contributed by atoms with van der Waals surface area (Å²) in [5, 5.41) is 3.47. The molecule has 0 amide bonds. The monoisotopic (exact) mass is 272 g/mol. The van der Waals surface area contributed by atoms with Crippen LogP contribution in [-0.2, 0) is 6.42 Å². The van der Waals surface area contributed by atoms with E-state index in [0.29, 0.717) is 6.04 Å². The Morgan fingerprint density at radius 2 is 1.75 bits per heavy atom. The smallest absolute Gasteiger partial charge is 0.0377 e. The molecule has 1 heterocycles. The minimum absolute atomic E-state index is 0.671. The van der Waals surface area contributed by atoms with Crippen LogP contribution in [0.2, 0.25) is 0 Å². The number of nitrogens with one attached hydrogen (secondary N) is 1. The highest BCUT2D eigenvalue weighted by molar-refractivity contribution is 5.27. The van der Waals surface area contributed by atoms with Gasteiger partial charge < -0.3 is 5.32 Å². The van der Waals surface area contributed by atoms with Gasteiger partial charge in [-0.1, -0.05) is 38.1 Å². The van der Waals surface area contributed by atoms with Crippen molar-refractivity contribution in [2.24, 2.45) is 11.8 Å². The topological polar surface area (TPSA) is 15.3 Å². The third-order valence-corrected chi connectivity index (χ3v) is 4.58. The van der Waals surface area contributed by atoms with Gasteiger partial charge in [0.1, 0.15) is 0 Å². The number of hydrogen-bond acceptors (Lipinski definition) is 2. The van der Waals surface area contributed by atoms with E-state index < -0.39 is 0 Å². The van der Waals surface area contributed by atoms with Crippen LogP contribution in [0, 0.1) is 11.8 Å². The van der Waals surface area contributed by atoms with Gasteiger partial charge >= 0.3 is 0 Å². The van der Waals surface area contributed by atoms with Crippen molar-refractivity contribution in [3.05, 3.63) is 35.4 Å². The van der Waals surface area contributed by atoms with Gasteiger partial charge in [-0.15, -0.1) is 0 Å². The third kappa shape index (κ3) is 3.42. The summed E-state index contributed by atoms with van der Waals surface area (Å²) in [6.07, 6.45) is 4.03. The van der Waals surface area contributed by atoms with Crippen LogP contribution in [0.1, 0.15) is 43.9 Å². The SMILES string of the molecule is CC(C)Cc1ccc(C(C2CC2)N2CCNCC2)cc1. The molecule has 0 spiro atoms. The zero-order valence-corrected chi connectivity index (χ0v) is 12.9. The summed E-state index contributed by atoms with van der Waals surface area (Å²) in [6, 6.07) is 10.2. The van der Waals surface area contributed by atoms with E-state index in [9.17, 15) is 0 Å². The number of rotatable bonds is 5. The maximum atomic E-state index is 3.47. The van der Waals surface area contributed by atoms with Crippen molar-refractivity contribution in [3.8, 4) is 0 Å². The first-order chi connectivity index (χ1) is 9.74. The molecule has 2 fully saturated rings. The fraction of sp³-hybridized carbons (Fsp3) is 0.667. The minimum atomic E-state index is 0.671. The van der Waals surface area contributed by atoms with Crippen molar-refractivity contribution in [2.45, 2.75) is 39.2 Å². The van der Waals surface area contributed by atoms with E-state index in [1.165, 1.54) is 37.9 Å². The molecule has 0 radical (unpaired) electrons. The number of hydrogen-bond donors (Lipinski definition) is 1. The van der Waals surface area contributed by atoms with E-state index in [4.69, 9.17) is 0 Å². The molecule has 1 atom stereocenters. The summed E-state index contributed by atoms with van der Waals surface area (Å²) in [5.74, 6) is 1.65. The normalized spacial score (nSPS) is 22.1. The maximum Gasteiger partial charge on any atom is 0.0377 e. The fourth-order valence-electron chi connectivity index (χ4n) is 3.48. The molecule has 0 bridgehead atoms. The Morgan fingerprint density at radius 1 is 1.10 bits per heavy atom. The Kier molecular flexibility index (Phi) is 4.42. The molecule has 2 nitrogen and oxygen atoms in total. The van der Waals surface area contributed by atoms with Crippen LogP contribution in [0.15, 0.2) is 24.3 Å². The number of nitrogens with zero attached hydrogens (tertiary/aromatic N) is 1. The molecule has 1 saturated carbocycles. The molecule has 110 valence electrons. The molecule has 1 aromatic rings. The fourth-order valence-corrected chi connectivity index (χ4v) is 3.48. The van der Waals surface area contributed by atoms with Crippen molar-refractivity contribution in [2.75, 3.05) is 26.2 Å². The van der Waals surface area contributed by atoms with Crippen molar-refractivity contribution in [3.63, 3.8) is 0 Å². The average molecular weight is 272 g/mol. The van der Waals surface area contributed by atoms with Gasteiger partial charge in [-0.05, 0) is 42.2 Å². The van der Waals surface area contributed by atoms with Crippen LogP contribution in [0.5, 0.6) is 0 Å². The standard InChI is InChI=1S/C18H28N2/c1-14(2)13-15-3-5-16(6-4-15)18(17-7-8-17)20-11-9-19-10-12-20/h3-6,14,17-19H,7-13H2,1-2H3. The predicted octanol–water partition coefficient (Wildman–Crippen LogP) is 3.24. The predicted molar refractivity (Wildman–Crippen MR) is 84.9 cm³/mol. The molecule has 1 N–H and O–H groups in total. The first-order valence-corrected chi connectivity index (χ1v) is 8.27. The molecule has 2 heteroatoms. The largest absolute Gasteiger partial charge is 0.314 e. The van der Waals surface area contributed by atoms with Gasteiger partial charge in [-0.2, -0.15) is 0 Å². The molecular weight excluding hydrogens is 244 g/mol. The molecule has 0 aromatic heterocycles. The Hall–Kier alpha value is -0.860. The lowest BCUT2D eigenvalue weighted by Gasteiger charge is -2.35. The van der Waals surface area contributed by atoms with Crippen LogP contribution in [0.4, 0.5) is 0 Å². The second kappa shape index (κ2) is 6.28. The zero-order valence-electron chi connectivity index (χ0n) is 12.9. The van der Waals surface area contributed by atoms with Crippen LogP contribution in [-0.4, -0.2) is 31.1 Å². The van der Waals surface area contributed by atoms with Gasteiger partial charge in [0.2, 0.25) is 0 Å². The average Bonchev–Trinajstić information content (AvgIpc) is 3.26. The highest BCUT2D eigenvalue weighted by Crippen LogP contribution is 2.44. The molecular formula is C18H28N2. The van der Waals surface area contributed by atoms with E-state index in [1.54, 1.807) is 5.56 Å². The summed E-state index contributed by atoms with van der Waals surface area (Å²) in [7, 11) is 0. The van der Waals surface area contributed by atoms with Gasteiger partial charge in [0.15, 0.2) is 0 Å². The molecule has 3 rings (SSSR count). The molecule has 1 aliphatic heterocycles. The summed E-state index contributed by atoms with van der Waals surface area (Å²) >= 11 is 0. The summed E-state index contributed by atoms with van der Waals surface area (Å²) in [5.41, 5.74) is 3.03. The van der Waals surface area contributed by atoms with Crippen LogP contribution < -0.4 is 5.32 Å². The molecule has 1 unspecified atom stereocenters. The highest BCUT2D eigenvalue weighted by Gasteiger charge is 2.36. The van der Waals surface area contributed by atoms with Gasteiger partial charge in [0, 0.05) is 32.2 Å². The quantitative estimate of drug-likeness (QED) is 0.885. The van der Waals surface area contributed by atoms with E-state index in [1.807, 2.05) is 0 Å². The summed E-state index contributed by atoms with van der Waals surface area (Å²) in [6.45, 7) is 9.29. The lowest BCUT2D eigenvalue weighted by molar-refractivity contribution is 0.156. The van der Waals surface area contributed by atoms with E-state index in [0.717, 1.165) is 24.9 Å². The Bertz CT molecular complexity index is 414. The van der Waals surface area contributed by atoms with Crippen LogP contribution in [0.25, 0.3) is 0 Å². The van der Waals surface area contributed by atoms with Crippen LogP contribution in [0.3, 0.4) is 0 Å². The van der Waals surface area contributed by atoms with E-state index >= 15 is 0 Å². The Morgan fingerprint density at radius 3 is 2.30 bits per heavy atom. The summed E-state index contributed by atoms with van der Waals surface area (Å²) in [4.78, 5) is 2.70. The van der Waals surface area contributed by atoms with Crippen LogP contribution >= 0.6 is 0 Å². The van der Waals surface area contributed by atoms with E-state index in [-0.39, 0.29) is 0 Å². The van der Waals surface area contributed by atoms with E-state index in [2.05, 4.69) is 48.3 Å². The lowest BCUT2D eigenvalue weighted by atomic mass is 9.96. The van der Waals surface area contributed by atoms with Gasteiger partial charge in [0.05, 0.1) is 0 Å². The van der Waals surface area contributed by atoms with Crippen molar-refractivity contribution < 1.29 is 0 Å². The zero-order chi connectivity index (χ0) is 13.9. The second-order valence-corrected chi connectivity index (χ2v) is 6.91. The third-order valence-electron chi connectivity index (χ3n) is 4.58. The van der Waals surface area contributed by atoms with Gasteiger partial charge in [-0.3, -0.25) is 4.90 Å². The molecule has 1 saturated heterocycles. The number of piperazine rings is 1. The Balaban J connectivity index is 1.73.